The predicted octanol–water partition coefficient (Wildman–Crippen LogP) is 13.7. The molecule has 0 fully saturated rings. The third kappa shape index (κ3) is 8.22. The molecule has 0 aliphatic carbocycles. The molecule has 0 aliphatic rings. The number of hydrogen-bond acceptors (Lipinski definition) is 5. The maximum atomic E-state index is 14.6. The van der Waals surface area contributed by atoms with Crippen molar-refractivity contribution in [3.05, 3.63) is 78.9 Å². The Bertz CT molecular complexity index is 2570. The molecule has 1 aromatic heterocycles. The number of fused-ring (bicyclic) bond motifs is 3. The van der Waals surface area contributed by atoms with Crippen LogP contribution in [-0.2, 0) is 0 Å². The van der Waals surface area contributed by atoms with Gasteiger partial charge in [0, 0.05) is 5.56 Å². The highest BCUT2D eigenvalue weighted by molar-refractivity contribution is 6.13. The molecule has 0 N–H and O–H groups in total. The van der Waals surface area contributed by atoms with Crippen molar-refractivity contribution in [3.63, 3.8) is 0 Å². The van der Waals surface area contributed by atoms with Gasteiger partial charge in [-0.25, -0.2) is 0 Å². The Kier molecular flexibility index (Phi) is 12.8. The lowest BCUT2D eigenvalue weighted by atomic mass is 9.92. The molecule has 4 aromatic carbocycles. The van der Waals surface area contributed by atoms with Crippen LogP contribution in [0, 0.1) is 0 Å². The lowest BCUT2D eigenvalue weighted by molar-refractivity contribution is -0.440. The van der Waals surface area contributed by atoms with E-state index in [0.717, 1.165) is 18.2 Å². The Morgan fingerprint density at radius 1 is 0.338 bits per heavy atom. The molecule has 0 saturated carbocycles. The number of aromatic nitrogens is 3. The highest BCUT2D eigenvalue weighted by Gasteiger charge is 2.92. The monoisotopic (exact) mass is 1030 g/mol. The van der Waals surface area contributed by atoms with Crippen LogP contribution < -0.4 is 9.47 Å². The average Bonchev–Trinajstić information content (AvgIpc) is 3.23. The van der Waals surface area contributed by atoms with Crippen LogP contribution in [0.15, 0.2) is 78.9 Å². The van der Waals surface area contributed by atoms with Gasteiger partial charge in [-0.3, -0.25) is 0 Å². The Balaban J connectivity index is 1.60. The van der Waals surface area contributed by atoms with E-state index in [-0.39, 0.29) is 11.1 Å². The summed E-state index contributed by atoms with van der Waals surface area (Å²) in [4.78, 5) is 8.98. The quantitative estimate of drug-likeness (QED) is 0.0728. The smallest absolute Gasteiger partial charge is 0.457 e. The normalized spacial score (nSPS) is 14.7. The Morgan fingerprint density at radius 3 is 1.13 bits per heavy atom. The zero-order chi connectivity index (χ0) is 51.9. The Morgan fingerprint density at radius 2 is 0.706 bits per heavy atom. The maximum absolute atomic E-state index is 14.6. The summed E-state index contributed by atoms with van der Waals surface area (Å²) in [5.41, 5.74) is -0.272. The van der Waals surface area contributed by atoms with E-state index in [0.29, 0.717) is 21.5 Å². The molecule has 0 atom stereocenters. The molecule has 5 nitrogen and oxygen atoms in total. The highest BCUT2D eigenvalue weighted by Crippen LogP contribution is 2.62. The molecule has 0 bridgehead atoms. The van der Waals surface area contributed by atoms with E-state index in [4.69, 9.17) is 0 Å². The van der Waals surface area contributed by atoms with Gasteiger partial charge in [-0.2, -0.15) is 124 Å². The number of nitrogens with zero attached hydrogens (tertiary/aromatic N) is 3. The Labute approximate surface area is 358 Å². The molecule has 1 heterocycles. The van der Waals surface area contributed by atoms with E-state index in [2.05, 4.69) is 24.4 Å². The van der Waals surface area contributed by atoms with Crippen LogP contribution in [-0.4, -0.2) is 99.7 Å². The van der Waals surface area contributed by atoms with Crippen molar-refractivity contribution >= 4 is 21.5 Å². The van der Waals surface area contributed by atoms with Crippen LogP contribution in [0.1, 0.15) is 0 Å². The van der Waals surface area contributed by atoms with Crippen LogP contribution >= 0.6 is 0 Å². The van der Waals surface area contributed by atoms with Crippen LogP contribution in [0.4, 0.5) is 114 Å². The summed E-state index contributed by atoms with van der Waals surface area (Å²) in [5.74, 6) is -81.4. The first-order valence-corrected chi connectivity index (χ1v) is 17.5. The zero-order valence-electron chi connectivity index (χ0n) is 31.9. The van der Waals surface area contributed by atoms with E-state index < -0.39 is 108 Å². The summed E-state index contributed by atoms with van der Waals surface area (Å²) in [7, 11) is 0. The van der Waals surface area contributed by atoms with Crippen molar-refractivity contribution in [1.82, 2.24) is 15.0 Å². The lowest BCUT2D eigenvalue weighted by Gasteiger charge is -2.39. The molecular formula is C37H17F26N3O2. The van der Waals surface area contributed by atoms with Gasteiger partial charge in [0.05, 0.1) is 0 Å². The Hall–Kier alpha value is -5.81. The fraction of sp³-hybridized carbons (Fsp3) is 0.378. The topological polar surface area (TPSA) is 57.1 Å². The van der Waals surface area contributed by atoms with E-state index in [1.165, 1.54) is 6.07 Å². The van der Waals surface area contributed by atoms with Gasteiger partial charge < -0.3 is 9.47 Å². The predicted molar refractivity (Wildman–Crippen MR) is 178 cm³/mol. The van der Waals surface area contributed by atoms with Gasteiger partial charge >= 0.3 is 83.6 Å². The third-order valence-electron chi connectivity index (χ3n) is 9.56. The second kappa shape index (κ2) is 16.4. The van der Waals surface area contributed by atoms with E-state index in [1.54, 1.807) is 54.6 Å². The van der Waals surface area contributed by atoms with Gasteiger partial charge in [-0.15, -0.1) is 4.98 Å². The van der Waals surface area contributed by atoms with Crippen LogP contribution in [0.3, 0.4) is 0 Å². The highest BCUT2D eigenvalue weighted by atomic mass is 19.4. The minimum Gasteiger partial charge on any atom is -0.457 e. The third-order valence-corrected chi connectivity index (χ3v) is 9.56. The van der Waals surface area contributed by atoms with Gasteiger partial charge in [0.2, 0.25) is 0 Å². The summed E-state index contributed by atoms with van der Waals surface area (Å²) in [6.45, 7) is -7.25. The van der Waals surface area contributed by atoms with Crippen LogP contribution in [0.2, 0.25) is 0 Å². The van der Waals surface area contributed by atoms with Gasteiger partial charge in [-0.05, 0) is 44.8 Å². The van der Waals surface area contributed by atoms with E-state index in [1.807, 2.05) is 0 Å². The number of ether oxygens (including phenoxy) is 2. The number of benzene rings is 4. The molecule has 0 unspecified atom stereocenters. The zero-order valence-corrected chi connectivity index (χ0v) is 31.9. The van der Waals surface area contributed by atoms with E-state index >= 15 is 0 Å². The van der Waals surface area contributed by atoms with Crippen molar-refractivity contribution < 1.29 is 124 Å². The minimum absolute atomic E-state index is 0.0600. The molecule has 0 saturated heterocycles. The summed E-state index contributed by atoms with van der Waals surface area (Å²) in [6.07, 6.45) is -15.6. The summed E-state index contributed by atoms with van der Waals surface area (Å²) in [6, 6.07) is 14.2. The largest absolute Gasteiger partial charge is 0.460 e. The second-order valence-electron chi connectivity index (χ2n) is 14.1. The first-order valence-electron chi connectivity index (χ1n) is 17.5. The molecule has 5 rings (SSSR count). The molecule has 68 heavy (non-hydrogen) atoms. The SMILES string of the molecule is FC(F)(F)C(F)(F)C(F)(F)C(F)(F)C(F)(F)C(F)(F)COc1nc(OCC(F)(F)C(F)(F)C(F)(F)C(F)(F)C(F)(F)C(F)(F)F)nc(-c2cccc(-c3cc4ccccc4c4ccccc34)c2)n1. The molecule has 0 radical (unpaired) electrons. The standard InChI is InChI=1S/C37H17F26N3O2/c38-26(39,28(42,43)30(46,47)32(50,51)34(54,55)36(58,59)60)14-67-24-64-23(18-8-5-7-16(12-18)22-13-17-6-1-2-9-19(17)20-10-3-4-11-21(20)22)65-25(66-24)68-15-27(40,41)29(44,45)31(48,49)33(52,53)35(56,57)37(61,62)63/h1-13H,14-15H2. The lowest BCUT2D eigenvalue weighted by Crippen LogP contribution is -2.70. The molecule has 5 aromatic rings. The molecule has 374 valence electrons. The van der Waals surface area contributed by atoms with Crippen molar-refractivity contribution in [3.8, 4) is 34.5 Å². The maximum Gasteiger partial charge on any atom is 0.460 e. The van der Waals surface area contributed by atoms with Gasteiger partial charge in [0.25, 0.3) is 0 Å². The minimum atomic E-state index is -8.40. The van der Waals surface area contributed by atoms with Gasteiger partial charge in [0.15, 0.2) is 19.0 Å². The average molecular weight is 1030 g/mol. The van der Waals surface area contributed by atoms with Crippen molar-refractivity contribution in [1.29, 1.82) is 0 Å². The molecular weight excluding hydrogens is 1010 g/mol. The molecule has 0 aliphatic heterocycles. The number of hydrogen-bond donors (Lipinski definition) is 0. The molecule has 0 amide bonds. The first kappa shape index (κ1) is 53.1. The number of alkyl halides is 26. The first-order chi connectivity index (χ1) is 30.6. The summed E-state index contributed by atoms with van der Waals surface area (Å²) in [5, 5.41) is 2.23. The van der Waals surface area contributed by atoms with E-state index in [9.17, 15) is 114 Å². The van der Waals surface area contributed by atoms with Gasteiger partial charge in [-0.1, -0.05) is 66.7 Å². The van der Waals surface area contributed by atoms with Crippen LogP contribution in [0.25, 0.3) is 44.1 Å². The van der Waals surface area contributed by atoms with Gasteiger partial charge in [0.1, 0.15) is 0 Å². The number of rotatable bonds is 16. The second-order valence-corrected chi connectivity index (χ2v) is 14.1. The van der Waals surface area contributed by atoms with Crippen LogP contribution in [0.5, 0.6) is 12.0 Å². The van der Waals surface area contributed by atoms with Crippen molar-refractivity contribution in [2.24, 2.45) is 0 Å². The molecule has 0 spiro atoms. The molecule has 31 heteroatoms. The van der Waals surface area contributed by atoms with Crippen molar-refractivity contribution in [2.75, 3.05) is 13.2 Å². The van der Waals surface area contributed by atoms with Crippen molar-refractivity contribution in [2.45, 2.75) is 71.6 Å². The summed E-state index contributed by atoms with van der Waals surface area (Å²) >= 11 is 0. The fourth-order valence-corrected chi connectivity index (χ4v) is 5.81. The number of halogens is 26. The summed E-state index contributed by atoms with van der Waals surface area (Å²) < 4.78 is 364. The fourth-order valence-electron chi connectivity index (χ4n) is 5.81.